The molecule has 1 heterocycles. The number of amides is 1. The quantitative estimate of drug-likeness (QED) is 0.605. The number of likely N-dealkylation sites (N-methyl/N-ethyl adjacent to an activating group) is 1. The molecule has 0 radical (unpaired) electrons. The van der Waals surface area contributed by atoms with Crippen LogP contribution in [0.1, 0.15) is 28.8 Å². The second-order valence-corrected chi connectivity index (χ2v) is 9.38. The molecule has 0 atom stereocenters. The fourth-order valence-corrected chi connectivity index (χ4v) is 5.18. The van der Waals surface area contributed by atoms with Gasteiger partial charge < -0.3 is 9.64 Å². The first-order chi connectivity index (χ1) is 14.3. The van der Waals surface area contributed by atoms with Crippen molar-refractivity contribution in [2.75, 3.05) is 26.7 Å². The van der Waals surface area contributed by atoms with E-state index in [0.717, 1.165) is 18.4 Å². The molecule has 0 saturated carbocycles. The lowest BCUT2D eigenvalue weighted by Gasteiger charge is -2.18. The van der Waals surface area contributed by atoms with Crippen molar-refractivity contribution in [3.05, 3.63) is 64.7 Å². The third-order valence-corrected chi connectivity index (χ3v) is 7.25. The maximum absolute atomic E-state index is 12.8. The number of carbonyl (C=O) groups is 2. The molecule has 1 aliphatic rings. The second kappa shape index (κ2) is 9.59. The highest BCUT2D eigenvalue weighted by Crippen LogP contribution is 2.28. The van der Waals surface area contributed by atoms with Gasteiger partial charge in [-0.25, -0.2) is 13.2 Å². The van der Waals surface area contributed by atoms with Gasteiger partial charge in [-0.15, -0.1) is 0 Å². The number of carbonyl (C=O) groups excluding carboxylic acids is 2. The normalized spacial score (nSPS) is 14.5. The van der Waals surface area contributed by atoms with E-state index in [9.17, 15) is 18.0 Å². The molecule has 7 nitrogen and oxygen atoms in total. The third kappa shape index (κ3) is 5.19. The van der Waals surface area contributed by atoms with Crippen LogP contribution >= 0.6 is 11.6 Å². The van der Waals surface area contributed by atoms with E-state index in [1.165, 1.54) is 27.4 Å². The van der Waals surface area contributed by atoms with E-state index in [-0.39, 0.29) is 21.4 Å². The molecule has 2 aromatic rings. The monoisotopic (exact) mass is 450 g/mol. The van der Waals surface area contributed by atoms with Crippen molar-refractivity contribution in [2.24, 2.45) is 0 Å². The molecule has 0 unspecified atom stereocenters. The number of benzene rings is 2. The number of sulfonamides is 1. The smallest absolute Gasteiger partial charge is 0.338 e. The van der Waals surface area contributed by atoms with Crippen LogP contribution < -0.4 is 0 Å². The van der Waals surface area contributed by atoms with Gasteiger partial charge in [-0.1, -0.05) is 41.9 Å². The van der Waals surface area contributed by atoms with Gasteiger partial charge in [-0.2, -0.15) is 4.31 Å². The van der Waals surface area contributed by atoms with Gasteiger partial charge in [-0.05, 0) is 36.6 Å². The molecule has 3 rings (SSSR count). The van der Waals surface area contributed by atoms with Crippen LogP contribution in [0.5, 0.6) is 0 Å². The van der Waals surface area contributed by atoms with Crippen LogP contribution in [0, 0.1) is 0 Å². The first-order valence-electron chi connectivity index (χ1n) is 9.54. The Bertz CT molecular complexity index is 1020. The van der Waals surface area contributed by atoms with E-state index in [0.29, 0.717) is 19.6 Å². The molecule has 0 aromatic heterocycles. The second-order valence-electron chi connectivity index (χ2n) is 7.07. The molecule has 2 aromatic carbocycles. The van der Waals surface area contributed by atoms with Gasteiger partial charge in [0, 0.05) is 26.7 Å². The summed E-state index contributed by atoms with van der Waals surface area (Å²) < 4.78 is 32.0. The molecule has 9 heteroatoms. The summed E-state index contributed by atoms with van der Waals surface area (Å²) in [4.78, 5) is 26.0. The van der Waals surface area contributed by atoms with Crippen molar-refractivity contribution in [1.29, 1.82) is 0 Å². The van der Waals surface area contributed by atoms with Crippen LogP contribution in [0.3, 0.4) is 0 Å². The molecule has 30 heavy (non-hydrogen) atoms. The third-order valence-electron chi connectivity index (χ3n) is 4.86. The Labute approximate surface area is 181 Å². The van der Waals surface area contributed by atoms with Crippen molar-refractivity contribution in [1.82, 2.24) is 9.21 Å². The molecule has 0 spiro atoms. The molecule has 1 amide bonds. The molecule has 1 aliphatic heterocycles. The molecule has 160 valence electrons. The van der Waals surface area contributed by atoms with Gasteiger partial charge in [-0.3, -0.25) is 4.79 Å². The Hall–Kier alpha value is -2.42. The lowest BCUT2D eigenvalue weighted by molar-refractivity contribution is -0.133. The van der Waals surface area contributed by atoms with Crippen LogP contribution in [-0.4, -0.2) is 56.2 Å². The SMILES string of the molecule is CN(Cc1ccccc1)C(=O)COC(=O)c1ccc(Cl)c(S(=O)(=O)N2CCCC2)c1. The van der Waals surface area contributed by atoms with Gasteiger partial charge in [0.05, 0.1) is 10.6 Å². The number of hydrogen-bond donors (Lipinski definition) is 0. The molecule has 1 fully saturated rings. The van der Waals surface area contributed by atoms with Crippen molar-refractivity contribution in [3.63, 3.8) is 0 Å². The number of ether oxygens (including phenoxy) is 1. The molecular weight excluding hydrogens is 428 g/mol. The fourth-order valence-electron chi connectivity index (χ4n) is 3.16. The number of hydrogen-bond acceptors (Lipinski definition) is 5. The Morgan fingerprint density at radius 3 is 2.43 bits per heavy atom. The molecule has 0 aliphatic carbocycles. The largest absolute Gasteiger partial charge is 0.452 e. The average molecular weight is 451 g/mol. The number of esters is 1. The van der Waals surface area contributed by atoms with Crippen LogP contribution in [-0.2, 0) is 26.1 Å². The standard InChI is InChI=1S/C21H23ClN2O5S/c1-23(14-16-7-3-2-4-8-16)20(25)15-29-21(26)17-9-10-18(22)19(13-17)30(27,28)24-11-5-6-12-24/h2-4,7-10,13H,5-6,11-12,14-15H2,1H3. The molecule has 1 saturated heterocycles. The molecule has 0 N–H and O–H groups in total. The van der Waals surface area contributed by atoms with Crippen LogP contribution in [0.4, 0.5) is 0 Å². The minimum Gasteiger partial charge on any atom is -0.452 e. The number of halogens is 1. The Kier molecular flexibility index (Phi) is 7.12. The topological polar surface area (TPSA) is 84.0 Å². The zero-order valence-electron chi connectivity index (χ0n) is 16.6. The number of nitrogens with zero attached hydrogens (tertiary/aromatic N) is 2. The van der Waals surface area contributed by atoms with E-state index < -0.39 is 22.6 Å². The van der Waals surface area contributed by atoms with Crippen molar-refractivity contribution in [3.8, 4) is 0 Å². The van der Waals surface area contributed by atoms with Gasteiger partial charge >= 0.3 is 5.97 Å². The van der Waals surface area contributed by atoms with Gasteiger partial charge in [0.25, 0.3) is 5.91 Å². The minimum absolute atomic E-state index is 0.0238. The van der Waals surface area contributed by atoms with Crippen molar-refractivity contribution >= 4 is 33.5 Å². The lowest BCUT2D eigenvalue weighted by atomic mass is 10.2. The number of rotatable bonds is 7. The van der Waals surface area contributed by atoms with E-state index in [2.05, 4.69) is 0 Å². The highest BCUT2D eigenvalue weighted by atomic mass is 35.5. The summed E-state index contributed by atoms with van der Waals surface area (Å²) in [7, 11) is -2.17. The van der Waals surface area contributed by atoms with E-state index in [1.54, 1.807) is 7.05 Å². The van der Waals surface area contributed by atoms with Crippen LogP contribution in [0.2, 0.25) is 5.02 Å². The van der Waals surface area contributed by atoms with Crippen LogP contribution in [0.15, 0.2) is 53.4 Å². The van der Waals surface area contributed by atoms with Crippen molar-refractivity contribution in [2.45, 2.75) is 24.3 Å². The highest BCUT2D eigenvalue weighted by Gasteiger charge is 2.30. The summed E-state index contributed by atoms with van der Waals surface area (Å²) in [5.74, 6) is -1.16. The van der Waals surface area contributed by atoms with Gasteiger partial charge in [0.1, 0.15) is 4.90 Å². The fraction of sp³-hybridized carbons (Fsp3) is 0.333. The lowest BCUT2D eigenvalue weighted by Crippen LogP contribution is -2.31. The Balaban J connectivity index is 1.65. The molecule has 0 bridgehead atoms. The molecular formula is C21H23ClN2O5S. The Morgan fingerprint density at radius 2 is 1.77 bits per heavy atom. The summed E-state index contributed by atoms with van der Waals surface area (Å²) >= 11 is 6.09. The predicted molar refractivity (Wildman–Crippen MR) is 113 cm³/mol. The minimum atomic E-state index is -3.79. The maximum Gasteiger partial charge on any atom is 0.338 e. The zero-order chi connectivity index (χ0) is 21.7. The van der Waals surface area contributed by atoms with E-state index in [1.807, 2.05) is 30.3 Å². The predicted octanol–water partition coefficient (Wildman–Crippen LogP) is 2.94. The maximum atomic E-state index is 12.8. The average Bonchev–Trinajstić information content (AvgIpc) is 3.28. The Morgan fingerprint density at radius 1 is 1.10 bits per heavy atom. The highest BCUT2D eigenvalue weighted by molar-refractivity contribution is 7.89. The summed E-state index contributed by atoms with van der Waals surface area (Å²) in [6, 6.07) is 13.4. The summed E-state index contributed by atoms with van der Waals surface area (Å²) in [6.45, 7) is 0.792. The summed E-state index contributed by atoms with van der Waals surface area (Å²) in [5.41, 5.74) is 0.977. The zero-order valence-corrected chi connectivity index (χ0v) is 18.2. The van der Waals surface area contributed by atoms with E-state index >= 15 is 0 Å². The van der Waals surface area contributed by atoms with E-state index in [4.69, 9.17) is 16.3 Å². The first kappa shape index (κ1) is 22.3. The summed E-state index contributed by atoms with van der Waals surface area (Å²) in [5, 5.41) is 0.0390. The first-order valence-corrected chi connectivity index (χ1v) is 11.4. The summed E-state index contributed by atoms with van der Waals surface area (Å²) in [6.07, 6.45) is 1.58. The van der Waals surface area contributed by atoms with Crippen molar-refractivity contribution < 1.29 is 22.7 Å². The van der Waals surface area contributed by atoms with Gasteiger partial charge in [0.15, 0.2) is 6.61 Å². The van der Waals surface area contributed by atoms with Crippen LogP contribution in [0.25, 0.3) is 0 Å². The van der Waals surface area contributed by atoms with Gasteiger partial charge in [0.2, 0.25) is 10.0 Å².